The molecular weight excluding hydrogens is 518 g/mol. The molecular formula is C29H41N3O8. The highest BCUT2D eigenvalue weighted by molar-refractivity contribution is 5.95. The van der Waals surface area contributed by atoms with Crippen molar-refractivity contribution in [3.8, 4) is 0 Å². The van der Waals surface area contributed by atoms with Crippen LogP contribution in [0.3, 0.4) is 0 Å². The third kappa shape index (κ3) is 10.0. The molecule has 1 aromatic rings. The van der Waals surface area contributed by atoms with E-state index >= 15 is 0 Å². The Morgan fingerprint density at radius 2 is 1.68 bits per heavy atom. The summed E-state index contributed by atoms with van der Waals surface area (Å²) in [6.45, 7) is 14.1. The van der Waals surface area contributed by atoms with Crippen molar-refractivity contribution in [1.82, 2.24) is 15.5 Å². The fourth-order valence-electron chi connectivity index (χ4n) is 3.86. The number of alkyl carbamates (subject to hydrolysis) is 1. The summed E-state index contributed by atoms with van der Waals surface area (Å²) >= 11 is 0. The van der Waals surface area contributed by atoms with Gasteiger partial charge in [0.1, 0.15) is 36.9 Å². The Bertz CT molecular complexity index is 1070. The molecule has 0 radical (unpaired) electrons. The van der Waals surface area contributed by atoms with Crippen LogP contribution in [0.4, 0.5) is 4.79 Å². The number of esters is 2. The van der Waals surface area contributed by atoms with Crippen LogP contribution in [0.25, 0.3) is 0 Å². The van der Waals surface area contributed by atoms with Crippen molar-refractivity contribution in [2.24, 2.45) is 5.41 Å². The number of likely N-dealkylation sites (tertiary alicyclic amines) is 1. The third-order valence-electron chi connectivity index (χ3n) is 5.93. The van der Waals surface area contributed by atoms with Crippen LogP contribution in [-0.4, -0.2) is 71.6 Å². The molecule has 40 heavy (non-hydrogen) atoms. The summed E-state index contributed by atoms with van der Waals surface area (Å²) in [6.07, 6.45) is 0.458. The summed E-state index contributed by atoms with van der Waals surface area (Å²) in [5, 5.41) is 5.10. The zero-order valence-corrected chi connectivity index (χ0v) is 24.2. The largest absolute Gasteiger partial charge is 0.460 e. The lowest BCUT2D eigenvalue weighted by molar-refractivity contribution is -0.163. The van der Waals surface area contributed by atoms with Crippen LogP contribution in [0.5, 0.6) is 0 Å². The number of hydrogen-bond acceptors (Lipinski definition) is 8. The lowest BCUT2D eigenvalue weighted by atomic mass is 9.84. The van der Waals surface area contributed by atoms with Gasteiger partial charge in [-0.3, -0.25) is 14.4 Å². The minimum absolute atomic E-state index is 0.0230. The molecule has 3 amide bonds. The summed E-state index contributed by atoms with van der Waals surface area (Å²) < 4.78 is 15.7. The van der Waals surface area contributed by atoms with Gasteiger partial charge in [0.15, 0.2) is 0 Å². The van der Waals surface area contributed by atoms with Gasteiger partial charge in [-0.25, -0.2) is 9.59 Å². The Morgan fingerprint density at radius 1 is 1.02 bits per heavy atom. The first-order valence-corrected chi connectivity index (χ1v) is 13.2. The van der Waals surface area contributed by atoms with Crippen LogP contribution in [-0.2, 0) is 40.0 Å². The van der Waals surface area contributed by atoms with Gasteiger partial charge in [0.2, 0.25) is 11.8 Å². The Labute approximate surface area is 235 Å². The Morgan fingerprint density at radius 3 is 2.20 bits per heavy atom. The van der Waals surface area contributed by atoms with E-state index in [2.05, 4.69) is 17.2 Å². The number of benzene rings is 1. The van der Waals surface area contributed by atoms with Crippen LogP contribution >= 0.6 is 0 Å². The van der Waals surface area contributed by atoms with Crippen molar-refractivity contribution in [1.29, 1.82) is 0 Å². The van der Waals surface area contributed by atoms with Gasteiger partial charge in [-0.15, -0.1) is 0 Å². The van der Waals surface area contributed by atoms with E-state index in [0.717, 1.165) is 5.56 Å². The first-order valence-electron chi connectivity index (χ1n) is 13.2. The van der Waals surface area contributed by atoms with Gasteiger partial charge in [0.25, 0.3) is 0 Å². The monoisotopic (exact) mass is 559 g/mol. The molecule has 1 heterocycles. The molecule has 0 unspecified atom stereocenters. The van der Waals surface area contributed by atoms with Gasteiger partial charge in [0, 0.05) is 6.54 Å². The molecule has 1 saturated heterocycles. The van der Waals surface area contributed by atoms with Crippen molar-refractivity contribution in [2.45, 2.75) is 84.7 Å². The van der Waals surface area contributed by atoms with Gasteiger partial charge in [-0.1, -0.05) is 63.8 Å². The molecule has 1 aliphatic rings. The van der Waals surface area contributed by atoms with E-state index in [4.69, 9.17) is 14.2 Å². The summed E-state index contributed by atoms with van der Waals surface area (Å²) in [5.74, 6) is -2.52. The molecule has 220 valence electrons. The van der Waals surface area contributed by atoms with Crippen molar-refractivity contribution >= 4 is 29.8 Å². The SMILES string of the molecule is C=CCOC(=O)[C@H]1CCN1C(=O)[C@@H](NC(=O)[C@H](CC(=O)OC(C)(C)C)NC(=O)OCc1ccccc1)C(C)(C)C. The van der Waals surface area contributed by atoms with Gasteiger partial charge < -0.3 is 29.7 Å². The van der Waals surface area contributed by atoms with Crippen LogP contribution < -0.4 is 10.6 Å². The molecule has 0 spiro atoms. The van der Waals surface area contributed by atoms with Gasteiger partial charge in [0.05, 0.1) is 6.42 Å². The molecule has 0 saturated carbocycles. The minimum Gasteiger partial charge on any atom is -0.460 e. The fraction of sp³-hybridized carbons (Fsp3) is 0.552. The summed E-state index contributed by atoms with van der Waals surface area (Å²) in [4.78, 5) is 65.8. The first kappa shape index (κ1) is 32.3. The number of nitrogens with zero attached hydrogens (tertiary/aromatic N) is 1. The zero-order valence-electron chi connectivity index (χ0n) is 24.2. The maximum Gasteiger partial charge on any atom is 0.408 e. The number of hydrogen-bond donors (Lipinski definition) is 2. The molecule has 11 heteroatoms. The van der Waals surface area contributed by atoms with Crippen LogP contribution in [0.1, 0.15) is 59.9 Å². The molecule has 1 fully saturated rings. The summed E-state index contributed by atoms with van der Waals surface area (Å²) in [7, 11) is 0. The molecule has 1 aliphatic heterocycles. The van der Waals surface area contributed by atoms with E-state index in [0.29, 0.717) is 13.0 Å². The number of ether oxygens (including phenoxy) is 3. The fourth-order valence-corrected chi connectivity index (χ4v) is 3.86. The van der Waals surface area contributed by atoms with E-state index in [1.807, 2.05) is 6.07 Å². The van der Waals surface area contributed by atoms with E-state index in [1.165, 1.54) is 11.0 Å². The highest BCUT2D eigenvalue weighted by Gasteiger charge is 2.45. The van der Waals surface area contributed by atoms with Crippen molar-refractivity contribution < 1.29 is 38.2 Å². The second kappa shape index (κ2) is 14.0. The van der Waals surface area contributed by atoms with Crippen LogP contribution in [0, 0.1) is 5.41 Å². The molecule has 0 bridgehead atoms. The highest BCUT2D eigenvalue weighted by Crippen LogP contribution is 2.27. The Kier molecular flexibility index (Phi) is 11.3. The number of amides is 3. The van der Waals surface area contributed by atoms with Crippen molar-refractivity contribution in [3.63, 3.8) is 0 Å². The number of rotatable bonds is 11. The highest BCUT2D eigenvalue weighted by atomic mass is 16.6. The average molecular weight is 560 g/mol. The Hall–Kier alpha value is -3.89. The first-order chi connectivity index (χ1) is 18.6. The lowest BCUT2D eigenvalue weighted by Crippen LogP contribution is -2.64. The van der Waals surface area contributed by atoms with Gasteiger partial charge >= 0.3 is 18.0 Å². The molecule has 2 rings (SSSR count). The maximum atomic E-state index is 13.5. The summed E-state index contributed by atoms with van der Waals surface area (Å²) in [5.41, 5.74) is -0.856. The number of carbonyl (C=O) groups excluding carboxylic acids is 5. The van der Waals surface area contributed by atoms with Crippen LogP contribution in [0.15, 0.2) is 43.0 Å². The second-order valence-electron chi connectivity index (χ2n) is 11.6. The molecule has 0 aromatic heterocycles. The molecule has 1 aromatic carbocycles. The van der Waals surface area contributed by atoms with Crippen molar-refractivity contribution in [2.75, 3.05) is 13.2 Å². The number of nitrogens with one attached hydrogen (secondary N) is 2. The second-order valence-corrected chi connectivity index (χ2v) is 11.6. The topological polar surface area (TPSA) is 140 Å². The predicted octanol–water partition coefficient (Wildman–Crippen LogP) is 2.87. The van der Waals surface area contributed by atoms with Crippen LogP contribution in [0.2, 0.25) is 0 Å². The van der Waals surface area contributed by atoms with E-state index in [1.54, 1.807) is 65.8 Å². The minimum atomic E-state index is -1.39. The Balaban J connectivity index is 2.18. The number of carbonyl (C=O) groups is 5. The molecule has 0 aliphatic carbocycles. The normalized spacial score (nSPS) is 16.4. The quantitative estimate of drug-likeness (QED) is 0.240. The maximum absolute atomic E-state index is 13.5. The predicted molar refractivity (Wildman–Crippen MR) is 147 cm³/mol. The average Bonchev–Trinajstić information content (AvgIpc) is 2.82. The van der Waals surface area contributed by atoms with Gasteiger partial charge in [-0.2, -0.15) is 0 Å². The third-order valence-corrected chi connectivity index (χ3v) is 5.93. The van der Waals surface area contributed by atoms with E-state index in [-0.39, 0.29) is 13.2 Å². The smallest absolute Gasteiger partial charge is 0.408 e. The molecule has 2 N–H and O–H groups in total. The van der Waals surface area contributed by atoms with E-state index in [9.17, 15) is 24.0 Å². The van der Waals surface area contributed by atoms with Crippen molar-refractivity contribution in [3.05, 3.63) is 48.6 Å². The summed E-state index contributed by atoms with van der Waals surface area (Å²) in [6, 6.07) is 5.73. The standard InChI is InChI=1S/C29H41N3O8/c1-8-16-38-26(36)21-14-15-32(21)25(35)23(28(2,3)4)31-24(34)20(17-22(33)40-29(5,6)7)30-27(37)39-18-19-12-10-9-11-13-19/h8-13,20-21,23H,1,14-18H2,2-7H3,(H,30,37)(H,31,34)/t20-,21+,23+/m0/s1. The molecule has 3 atom stereocenters. The molecule has 11 nitrogen and oxygen atoms in total. The zero-order chi connectivity index (χ0) is 30.1. The van der Waals surface area contributed by atoms with Gasteiger partial charge in [-0.05, 0) is 38.2 Å². The lowest BCUT2D eigenvalue weighted by Gasteiger charge is -2.43. The van der Waals surface area contributed by atoms with E-state index < -0.39 is 65.4 Å².